The van der Waals surface area contributed by atoms with Crippen LogP contribution in [0.4, 0.5) is 11.4 Å². The lowest BCUT2D eigenvalue weighted by atomic mass is 10.1. The molecule has 1 aromatic heterocycles. The number of aromatic nitrogens is 1. The summed E-state index contributed by atoms with van der Waals surface area (Å²) < 4.78 is 11.1. The van der Waals surface area contributed by atoms with Crippen LogP contribution in [0.1, 0.15) is 0 Å². The lowest BCUT2D eigenvalue weighted by Gasteiger charge is -2.32. The van der Waals surface area contributed by atoms with E-state index in [-0.39, 0.29) is 5.56 Å². The number of H-pyrrole nitrogens is 1. The van der Waals surface area contributed by atoms with Gasteiger partial charge in [0.2, 0.25) is 5.56 Å². The summed E-state index contributed by atoms with van der Waals surface area (Å²) in [5, 5.41) is 3.81. The Hall–Kier alpha value is -2.47. The second-order valence-corrected chi connectivity index (χ2v) is 12.9. The lowest BCUT2D eigenvalue weighted by molar-refractivity contribution is 0.0352. The molecule has 212 valence electrons. The van der Waals surface area contributed by atoms with Gasteiger partial charge in [0.1, 0.15) is 0 Å². The number of rotatable bonds is 8. The van der Waals surface area contributed by atoms with E-state index in [4.69, 9.17) is 9.47 Å². The zero-order valence-corrected chi connectivity index (χ0v) is 24.8. The van der Waals surface area contributed by atoms with E-state index in [0.29, 0.717) is 19.3 Å². The van der Waals surface area contributed by atoms with Gasteiger partial charge in [0.15, 0.2) is 0 Å². The number of fused-ring (bicyclic) bond motifs is 2. The van der Waals surface area contributed by atoms with Gasteiger partial charge in [-0.2, -0.15) is 0 Å². The van der Waals surface area contributed by atoms with Crippen LogP contribution in [0.25, 0.3) is 11.3 Å². The number of likely N-dealkylation sites (N-methyl/N-ethyl adjacent to an activating group) is 1. The second kappa shape index (κ2) is 12.6. The molecule has 2 aromatic carbocycles. The first kappa shape index (κ1) is 27.7. The Morgan fingerprint density at radius 1 is 0.925 bits per heavy atom. The zero-order chi connectivity index (χ0) is 27.5. The Bertz CT molecular complexity index is 1390. The topological polar surface area (TPSA) is 73.1 Å². The molecule has 3 aromatic rings. The van der Waals surface area contributed by atoms with Crippen LogP contribution in [0, 0.1) is 0 Å². The van der Waals surface area contributed by atoms with Crippen LogP contribution in [0.3, 0.4) is 0 Å². The maximum absolute atomic E-state index is 12.7. The van der Waals surface area contributed by atoms with Crippen LogP contribution >= 0.6 is 23.5 Å². The summed E-state index contributed by atoms with van der Waals surface area (Å²) in [6, 6.07) is 17.2. The highest BCUT2D eigenvalue weighted by molar-refractivity contribution is 8.05. The standard InChI is InChI=1S/C30H37N5O3S2/c1-33(2)19-22(20-34-8-12-37-13-9-34)31-21-6-7-26-28(16-21)39-27-5-3-4-24(30(27)40-26)25-17-23(18-29(36)32-25)35-10-14-38-15-11-35/h3-7,16-18,22,31H,8-15,19-20H2,1-2H3,(H,32,36). The number of hydrogen-bond donors (Lipinski definition) is 2. The molecule has 0 amide bonds. The third-order valence-corrected chi connectivity index (χ3v) is 9.98. The first-order valence-electron chi connectivity index (χ1n) is 13.9. The highest BCUT2D eigenvalue weighted by Crippen LogP contribution is 2.52. The van der Waals surface area contributed by atoms with Crippen molar-refractivity contribution in [3.8, 4) is 11.3 Å². The summed E-state index contributed by atoms with van der Waals surface area (Å²) in [4.78, 5) is 27.6. The Kier molecular flexibility index (Phi) is 8.71. The first-order chi connectivity index (χ1) is 19.5. The van der Waals surface area contributed by atoms with E-state index < -0.39 is 0 Å². The van der Waals surface area contributed by atoms with Crippen molar-refractivity contribution in [2.45, 2.75) is 25.6 Å². The van der Waals surface area contributed by atoms with E-state index in [9.17, 15) is 4.79 Å². The van der Waals surface area contributed by atoms with E-state index in [0.717, 1.165) is 75.1 Å². The minimum atomic E-state index is -0.0782. The number of morpholine rings is 2. The van der Waals surface area contributed by atoms with Crippen LogP contribution in [0.15, 0.2) is 72.9 Å². The van der Waals surface area contributed by atoms with Gasteiger partial charge in [0.25, 0.3) is 0 Å². The molecule has 3 aliphatic heterocycles. The summed E-state index contributed by atoms with van der Waals surface area (Å²) >= 11 is 3.58. The predicted octanol–water partition coefficient (Wildman–Crippen LogP) is 4.17. The summed E-state index contributed by atoms with van der Waals surface area (Å²) in [5.41, 5.74) is 3.94. The number of anilines is 2. The van der Waals surface area contributed by atoms with Crippen LogP contribution in [0.5, 0.6) is 0 Å². The molecule has 0 aliphatic carbocycles. The minimum Gasteiger partial charge on any atom is -0.380 e. The van der Waals surface area contributed by atoms with Crippen molar-refractivity contribution in [2.75, 3.05) is 90.0 Å². The molecule has 10 heteroatoms. The summed E-state index contributed by atoms with van der Waals surface area (Å²) in [5.74, 6) is 0. The Morgan fingerprint density at radius 2 is 1.70 bits per heavy atom. The highest BCUT2D eigenvalue weighted by atomic mass is 32.2. The normalized spacial score (nSPS) is 18.3. The Balaban J connectivity index is 1.22. The molecular weight excluding hydrogens is 542 g/mol. The van der Waals surface area contributed by atoms with Gasteiger partial charge in [-0.25, -0.2) is 0 Å². The van der Waals surface area contributed by atoms with Gasteiger partial charge < -0.3 is 29.6 Å². The summed E-state index contributed by atoms with van der Waals surface area (Å²) in [7, 11) is 4.26. The first-order valence-corrected chi connectivity index (χ1v) is 15.6. The number of nitrogens with zero attached hydrogens (tertiary/aromatic N) is 3. The Morgan fingerprint density at radius 3 is 2.48 bits per heavy atom. The molecule has 3 aliphatic rings. The van der Waals surface area contributed by atoms with E-state index in [1.165, 1.54) is 19.6 Å². The van der Waals surface area contributed by atoms with Crippen LogP contribution in [-0.4, -0.2) is 101 Å². The molecule has 6 rings (SSSR count). The zero-order valence-electron chi connectivity index (χ0n) is 23.2. The highest BCUT2D eigenvalue weighted by Gasteiger charge is 2.23. The number of nitrogens with one attached hydrogen (secondary N) is 2. The number of benzene rings is 2. The van der Waals surface area contributed by atoms with E-state index in [2.05, 4.69) is 81.6 Å². The molecule has 2 fully saturated rings. The van der Waals surface area contributed by atoms with Gasteiger partial charge in [0.05, 0.1) is 38.2 Å². The van der Waals surface area contributed by atoms with Crippen molar-refractivity contribution >= 4 is 34.9 Å². The molecule has 0 saturated carbocycles. The molecule has 0 spiro atoms. The van der Waals surface area contributed by atoms with Crippen molar-refractivity contribution in [3.05, 3.63) is 58.9 Å². The number of ether oxygens (including phenoxy) is 2. The van der Waals surface area contributed by atoms with E-state index >= 15 is 0 Å². The van der Waals surface area contributed by atoms with E-state index in [1.807, 2.05) is 0 Å². The maximum atomic E-state index is 12.7. The van der Waals surface area contributed by atoms with Gasteiger partial charge in [0, 0.05) is 81.9 Å². The molecule has 1 unspecified atom stereocenters. The van der Waals surface area contributed by atoms with Crippen LogP contribution in [-0.2, 0) is 9.47 Å². The van der Waals surface area contributed by atoms with Crippen molar-refractivity contribution in [1.29, 1.82) is 0 Å². The quantitative estimate of drug-likeness (QED) is 0.320. The number of aromatic amines is 1. The average molecular weight is 580 g/mol. The van der Waals surface area contributed by atoms with E-state index in [1.54, 1.807) is 29.6 Å². The van der Waals surface area contributed by atoms with Gasteiger partial charge in [-0.15, -0.1) is 0 Å². The smallest absolute Gasteiger partial charge is 0.250 e. The van der Waals surface area contributed by atoms with Gasteiger partial charge in [-0.05, 0) is 44.4 Å². The largest absolute Gasteiger partial charge is 0.380 e. The molecule has 2 saturated heterocycles. The maximum Gasteiger partial charge on any atom is 0.250 e. The molecular formula is C30H37N5O3S2. The molecule has 2 N–H and O–H groups in total. The van der Waals surface area contributed by atoms with Gasteiger partial charge in [-0.1, -0.05) is 35.7 Å². The molecule has 1 atom stereocenters. The lowest BCUT2D eigenvalue weighted by Crippen LogP contribution is -2.46. The minimum absolute atomic E-state index is 0.0782. The van der Waals surface area contributed by atoms with Crippen molar-refractivity contribution in [1.82, 2.24) is 14.8 Å². The summed E-state index contributed by atoms with van der Waals surface area (Å²) in [6.07, 6.45) is 0. The predicted molar refractivity (Wildman–Crippen MR) is 163 cm³/mol. The Labute approximate surface area is 244 Å². The average Bonchev–Trinajstić information content (AvgIpc) is 2.96. The number of pyridine rings is 1. The van der Waals surface area contributed by atoms with Crippen molar-refractivity contribution < 1.29 is 9.47 Å². The molecule has 0 bridgehead atoms. The molecule has 4 heterocycles. The fourth-order valence-corrected chi connectivity index (χ4v) is 7.92. The third-order valence-electron chi connectivity index (χ3n) is 7.39. The van der Waals surface area contributed by atoms with Crippen molar-refractivity contribution in [3.63, 3.8) is 0 Å². The van der Waals surface area contributed by atoms with Crippen molar-refractivity contribution in [2.24, 2.45) is 0 Å². The fourth-order valence-electron chi connectivity index (χ4n) is 5.50. The molecule has 40 heavy (non-hydrogen) atoms. The van der Waals surface area contributed by atoms with Gasteiger partial charge >= 0.3 is 0 Å². The van der Waals surface area contributed by atoms with Crippen LogP contribution < -0.4 is 15.8 Å². The summed E-state index contributed by atoms with van der Waals surface area (Å²) in [6.45, 7) is 8.53. The SMILES string of the molecule is CN(C)CC(CN1CCOCC1)Nc1ccc2c(c1)Sc1cccc(-c3cc(N4CCOCC4)cc(=O)[nH]3)c1S2. The van der Waals surface area contributed by atoms with Crippen LogP contribution in [0.2, 0.25) is 0 Å². The second-order valence-electron chi connectivity index (χ2n) is 10.7. The monoisotopic (exact) mass is 579 g/mol. The fraction of sp³-hybridized carbons (Fsp3) is 0.433. The van der Waals surface area contributed by atoms with Gasteiger partial charge in [-0.3, -0.25) is 9.69 Å². The number of hydrogen-bond acceptors (Lipinski definition) is 9. The third kappa shape index (κ3) is 6.53. The molecule has 0 radical (unpaired) electrons. The molecule has 8 nitrogen and oxygen atoms in total.